The Bertz CT molecular complexity index is 223. The maximum absolute atomic E-state index is 10.1. The Morgan fingerprint density at radius 1 is 1.60 bits per heavy atom. The van der Waals surface area contributed by atoms with Gasteiger partial charge in [-0.05, 0) is 0 Å². The molecular formula is C5H8O4S. The van der Waals surface area contributed by atoms with Crippen molar-refractivity contribution in [2.75, 3.05) is 0 Å². The summed E-state index contributed by atoms with van der Waals surface area (Å²) in [5.41, 5.74) is -1.75. The molecule has 0 amide bonds. The van der Waals surface area contributed by atoms with Crippen molar-refractivity contribution in [3.8, 4) is 12.3 Å². The highest BCUT2D eigenvalue weighted by molar-refractivity contribution is 7.86. The summed E-state index contributed by atoms with van der Waals surface area (Å²) in [6.07, 6.45) is 4.78. The zero-order valence-corrected chi connectivity index (χ0v) is 6.00. The Balaban J connectivity index is 3.90. The van der Waals surface area contributed by atoms with Crippen molar-refractivity contribution in [3.63, 3.8) is 0 Å². The van der Waals surface area contributed by atoms with Crippen LogP contribution < -0.4 is 0 Å². The van der Waals surface area contributed by atoms with E-state index in [1.165, 1.54) is 0 Å². The normalized spacial score (nSPS) is 14.1. The quantitative estimate of drug-likeness (QED) is 0.440. The van der Waals surface area contributed by atoms with Crippen molar-refractivity contribution in [2.24, 2.45) is 0 Å². The van der Waals surface area contributed by atoms with E-state index in [4.69, 9.17) is 16.1 Å². The smallest absolute Gasteiger partial charge is 0.292 e. The van der Waals surface area contributed by atoms with Crippen LogP contribution in [0.4, 0.5) is 0 Å². The topological polar surface area (TPSA) is 74.6 Å². The molecule has 0 aliphatic heterocycles. The molecule has 1 atom stereocenters. The summed E-state index contributed by atoms with van der Waals surface area (Å²) in [7, 11) is -4.32. The lowest BCUT2D eigenvalue weighted by atomic mass is 10.3. The molecule has 0 aromatic carbocycles. The molecule has 4 nitrogen and oxygen atoms in total. The van der Waals surface area contributed by atoms with Gasteiger partial charge in [-0.3, -0.25) is 4.55 Å². The van der Waals surface area contributed by atoms with E-state index < -0.39 is 15.6 Å². The van der Waals surface area contributed by atoms with Crippen molar-refractivity contribution in [2.45, 2.75) is 18.3 Å². The van der Waals surface area contributed by atoms with E-state index in [0.717, 1.165) is 0 Å². The first-order valence-corrected chi connectivity index (χ1v) is 4.06. The van der Waals surface area contributed by atoms with Crippen LogP contribution in [0.15, 0.2) is 0 Å². The summed E-state index contributed by atoms with van der Waals surface area (Å²) in [6.45, 7) is 0. The number of aliphatic hydroxyl groups excluding tert-OH is 1. The van der Waals surface area contributed by atoms with Gasteiger partial charge in [0.15, 0.2) is 5.44 Å². The minimum Gasteiger partial charge on any atom is -0.375 e. The minimum absolute atomic E-state index is 0.126. The Morgan fingerprint density at radius 3 is 2.40 bits per heavy atom. The van der Waals surface area contributed by atoms with Crippen molar-refractivity contribution in [1.29, 1.82) is 0 Å². The molecule has 0 rings (SSSR count). The molecule has 0 bridgehead atoms. The van der Waals surface area contributed by atoms with Gasteiger partial charge in [0.05, 0.1) is 0 Å². The molecule has 0 aliphatic carbocycles. The SMILES string of the molecule is C#CCCC(O)S(=O)(=O)O. The second kappa shape index (κ2) is 3.56. The first-order chi connectivity index (χ1) is 4.48. The first kappa shape index (κ1) is 9.43. The van der Waals surface area contributed by atoms with E-state index in [1.807, 2.05) is 0 Å². The highest BCUT2D eigenvalue weighted by atomic mass is 32.2. The molecule has 0 saturated carbocycles. The van der Waals surface area contributed by atoms with Crippen LogP contribution >= 0.6 is 0 Å². The van der Waals surface area contributed by atoms with Crippen LogP contribution in [0.1, 0.15) is 12.8 Å². The summed E-state index contributed by atoms with van der Waals surface area (Å²) in [4.78, 5) is 0. The van der Waals surface area contributed by atoms with Crippen LogP contribution in [-0.2, 0) is 10.1 Å². The molecule has 0 aliphatic rings. The highest BCUT2D eigenvalue weighted by Gasteiger charge is 2.17. The molecule has 58 valence electrons. The summed E-state index contributed by atoms with van der Waals surface area (Å²) in [6, 6.07) is 0. The van der Waals surface area contributed by atoms with Crippen LogP contribution in [0, 0.1) is 12.3 Å². The zero-order chi connectivity index (χ0) is 8.20. The average molecular weight is 164 g/mol. The number of aliphatic hydroxyl groups is 1. The van der Waals surface area contributed by atoms with Gasteiger partial charge in [0, 0.05) is 12.8 Å². The fourth-order valence-corrected chi connectivity index (χ4v) is 0.771. The second-order valence-electron chi connectivity index (χ2n) is 1.71. The lowest BCUT2D eigenvalue weighted by molar-refractivity contribution is 0.225. The monoisotopic (exact) mass is 164 g/mol. The van der Waals surface area contributed by atoms with E-state index in [0.29, 0.717) is 0 Å². The van der Waals surface area contributed by atoms with Crippen LogP contribution in [0.2, 0.25) is 0 Å². The van der Waals surface area contributed by atoms with E-state index in [-0.39, 0.29) is 12.8 Å². The molecule has 0 heterocycles. The number of rotatable bonds is 3. The molecule has 0 saturated heterocycles. The lowest BCUT2D eigenvalue weighted by Crippen LogP contribution is -2.19. The molecule has 0 fully saturated rings. The van der Waals surface area contributed by atoms with Gasteiger partial charge in [-0.25, -0.2) is 0 Å². The Hall–Kier alpha value is -0.570. The van der Waals surface area contributed by atoms with Gasteiger partial charge in [0.2, 0.25) is 0 Å². The van der Waals surface area contributed by atoms with Crippen LogP contribution in [0.5, 0.6) is 0 Å². The van der Waals surface area contributed by atoms with Gasteiger partial charge in [0.1, 0.15) is 0 Å². The molecule has 0 aromatic heterocycles. The lowest BCUT2D eigenvalue weighted by Gasteiger charge is -2.02. The first-order valence-electron chi connectivity index (χ1n) is 2.56. The van der Waals surface area contributed by atoms with Crippen LogP contribution in [0.25, 0.3) is 0 Å². The fourth-order valence-electron chi connectivity index (χ4n) is 0.356. The van der Waals surface area contributed by atoms with Gasteiger partial charge in [-0.2, -0.15) is 8.42 Å². The van der Waals surface area contributed by atoms with Crippen LogP contribution in [-0.4, -0.2) is 23.5 Å². The maximum Gasteiger partial charge on any atom is 0.292 e. The number of hydrogen-bond acceptors (Lipinski definition) is 3. The molecule has 1 unspecified atom stereocenters. The van der Waals surface area contributed by atoms with Gasteiger partial charge < -0.3 is 5.11 Å². The third-order valence-corrected chi connectivity index (χ3v) is 1.80. The predicted molar refractivity (Wildman–Crippen MR) is 35.6 cm³/mol. The molecular weight excluding hydrogens is 156 g/mol. The molecule has 5 heteroatoms. The maximum atomic E-state index is 10.1. The summed E-state index contributed by atoms with van der Waals surface area (Å²) in [5, 5.41) is 8.58. The Morgan fingerprint density at radius 2 is 2.10 bits per heavy atom. The average Bonchev–Trinajstić information content (AvgIpc) is 1.80. The fraction of sp³-hybridized carbons (Fsp3) is 0.600. The predicted octanol–water partition coefficient (Wildman–Crippen LogP) is -0.394. The third-order valence-electron chi connectivity index (χ3n) is 0.879. The van der Waals surface area contributed by atoms with E-state index in [1.54, 1.807) is 0 Å². The standard InChI is InChI=1S/C5H8O4S/c1-2-3-4-5(6)10(7,8)9/h1,5-6H,3-4H2,(H,7,8,9). The van der Waals surface area contributed by atoms with E-state index in [2.05, 4.69) is 5.92 Å². The van der Waals surface area contributed by atoms with Crippen molar-refractivity contribution in [3.05, 3.63) is 0 Å². The molecule has 10 heavy (non-hydrogen) atoms. The minimum atomic E-state index is -4.32. The van der Waals surface area contributed by atoms with Gasteiger partial charge in [-0.15, -0.1) is 12.3 Å². The Kier molecular flexibility index (Phi) is 3.36. The van der Waals surface area contributed by atoms with Crippen molar-refractivity contribution in [1.82, 2.24) is 0 Å². The van der Waals surface area contributed by atoms with Crippen molar-refractivity contribution >= 4 is 10.1 Å². The van der Waals surface area contributed by atoms with Gasteiger partial charge >= 0.3 is 0 Å². The van der Waals surface area contributed by atoms with E-state index >= 15 is 0 Å². The largest absolute Gasteiger partial charge is 0.375 e. The van der Waals surface area contributed by atoms with E-state index in [9.17, 15) is 8.42 Å². The summed E-state index contributed by atoms with van der Waals surface area (Å²) in [5.74, 6) is 2.14. The van der Waals surface area contributed by atoms with Crippen molar-refractivity contribution < 1.29 is 18.1 Å². The molecule has 2 N–H and O–H groups in total. The Labute approximate surface area is 59.6 Å². The second-order valence-corrected chi connectivity index (χ2v) is 3.29. The molecule has 0 spiro atoms. The highest BCUT2D eigenvalue weighted by Crippen LogP contribution is 2.01. The zero-order valence-electron chi connectivity index (χ0n) is 5.19. The van der Waals surface area contributed by atoms with Gasteiger partial charge in [0.25, 0.3) is 10.1 Å². The molecule has 0 aromatic rings. The van der Waals surface area contributed by atoms with Crippen LogP contribution in [0.3, 0.4) is 0 Å². The van der Waals surface area contributed by atoms with Gasteiger partial charge in [-0.1, -0.05) is 0 Å². The summed E-state index contributed by atoms with van der Waals surface area (Å²) < 4.78 is 28.3. The molecule has 0 radical (unpaired) electrons. The number of terminal acetylenes is 1. The third kappa shape index (κ3) is 3.45. The summed E-state index contributed by atoms with van der Waals surface area (Å²) >= 11 is 0. The number of hydrogen-bond donors (Lipinski definition) is 2.